The van der Waals surface area contributed by atoms with E-state index in [1.165, 1.54) is 24.3 Å². The van der Waals surface area contributed by atoms with Crippen LogP contribution in [-0.4, -0.2) is 35.8 Å². The Morgan fingerprint density at radius 2 is 1.70 bits per heavy atom. The molecule has 30 heavy (non-hydrogen) atoms. The van der Waals surface area contributed by atoms with Crippen LogP contribution in [-0.2, 0) is 16.0 Å². The van der Waals surface area contributed by atoms with Crippen molar-refractivity contribution in [2.75, 3.05) is 13.1 Å². The van der Waals surface area contributed by atoms with Gasteiger partial charge < -0.3 is 10.2 Å². The highest BCUT2D eigenvalue weighted by Crippen LogP contribution is 2.28. The Bertz CT molecular complexity index is 875. The van der Waals surface area contributed by atoms with Gasteiger partial charge in [0.2, 0.25) is 11.8 Å². The minimum atomic E-state index is -0.617. The van der Waals surface area contributed by atoms with Crippen molar-refractivity contribution in [3.05, 3.63) is 71.3 Å². The van der Waals surface area contributed by atoms with Crippen LogP contribution in [0.2, 0.25) is 0 Å². The van der Waals surface area contributed by atoms with Crippen LogP contribution in [0.3, 0.4) is 0 Å². The summed E-state index contributed by atoms with van der Waals surface area (Å²) >= 11 is 0. The van der Waals surface area contributed by atoms with E-state index in [1.807, 2.05) is 13.8 Å². The Morgan fingerprint density at radius 3 is 2.30 bits per heavy atom. The molecule has 0 bridgehead atoms. The fraction of sp³-hybridized carbons (Fsp3) is 0.417. The van der Waals surface area contributed by atoms with Crippen molar-refractivity contribution in [3.63, 3.8) is 0 Å². The normalized spacial score (nSPS) is 15.8. The quantitative estimate of drug-likeness (QED) is 0.775. The van der Waals surface area contributed by atoms with Gasteiger partial charge in [0, 0.05) is 13.1 Å². The summed E-state index contributed by atoms with van der Waals surface area (Å²) in [5.41, 5.74) is 1.66. The lowest BCUT2D eigenvalue weighted by Crippen LogP contribution is -2.53. The van der Waals surface area contributed by atoms with E-state index >= 15 is 0 Å². The van der Waals surface area contributed by atoms with E-state index in [0.717, 1.165) is 18.4 Å². The number of nitrogens with zero attached hydrogens (tertiary/aromatic N) is 1. The van der Waals surface area contributed by atoms with Gasteiger partial charge in [-0.05, 0) is 60.1 Å². The Labute approximate surface area is 176 Å². The largest absolute Gasteiger partial charge is 0.344 e. The number of hydrogen-bond acceptors (Lipinski definition) is 2. The number of rotatable bonds is 6. The highest BCUT2D eigenvalue weighted by Gasteiger charge is 2.31. The van der Waals surface area contributed by atoms with Crippen LogP contribution in [0.1, 0.15) is 43.7 Å². The maximum Gasteiger partial charge on any atom is 0.245 e. The molecular formula is C24H28F2N2O2. The molecule has 0 aliphatic carbocycles. The van der Waals surface area contributed by atoms with E-state index in [-0.39, 0.29) is 35.8 Å². The molecule has 160 valence electrons. The van der Waals surface area contributed by atoms with Gasteiger partial charge in [-0.3, -0.25) is 9.59 Å². The fourth-order valence-corrected chi connectivity index (χ4v) is 3.94. The second-order valence-electron chi connectivity index (χ2n) is 8.25. The van der Waals surface area contributed by atoms with Crippen molar-refractivity contribution >= 4 is 11.8 Å². The van der Waals surface area contributed by atoms with Crippen molar-refractivity contribution in [1.82, 2.24) is 10.2 Å². The average Bonchev–Trinajstić information content (AvgIpc) is 2.72. The van der Waals surface area contributed by atoms with Crippen LogP contribution in [0, 0.1) is 17.6 Å². The van der Waals surface area contributed by atoms with Crippen molar-refractivity contribution in [1.29, 1.82) is 0 Å². The average molecular weight is 414 g/mol. The number of amides is 2. The molecule has 1 fully saturated rings. The third kappa shape index (κ3) is 5.65. The number of hydrogen-bond donors (Lipinski definition) is 1. The van der Waals surface area contributed by atoms with Gasteiger partial charge in [0.25, 0.3) is 0 Å². The van der Waals surface area contributed by atoms with Gasteiger partial charge in [0.05, 0.1) is 6.42 Å². The number of piperidine rings is 1. The SMILES string of the molecule is CC(C)[C@@H](NC(=O)Cc1cccc(F)c1)C(=O)N1CCC(c2ccc(F)cc2)CC1. The highest BCUT2D eigenvalue weighted by molar-refractivity contribution is 5.88. The molecule has 2 aromatic rings. The molecule has 0 unspecified atom stereocenters. The predicted molar refractivity (Wildman–Crippen MR) is 112 cm³/mol. The molecule has 1 aliphatic heterocycles. The van der Waals surface area contributed by atoms with Crippen LogP contribution in [0.5, 0.6) is 0 Å². The summed E-state index contributed by atoms with van der Waals surface area (Å²) in [6, 6.07) is 11.8. The van der Waals surface area contributed by atoms with Crippen molar-refractivity contribution in [2.24, 2.45) is 5.92 Å². The highest BCUT2D eigenvalue weighted by atomic mass is 19.1. The first kappa shape index (κ1) is 21.9. The smallest absolute Gasteiger partial charge is 0.245 e. The molecule has 2 aromatic carbocycles. The van der Waals surface area contributed by atoms with Crippen LogP contribution in [0.4, 0.5) is 8.78 Å². The van der Waals surface area contributed by atoms with Gasteiger partial charge in [-0.2, -0.15) is 0 Å². The first-order valence-electron chi connectivity index (χ1n) is 10.4. The molecule has 0 saturated carbocycles. The van der Waals surface area contributed by atoms with E-state index in [4.69, 9.17) is 0 Å². The van der Waals surface area contributed by atoms with Crippen molar-refractivity contribution < 1.29 is 18.4 Å². The molecule has 6 heteroatoms. The Balaban J connectivity index is 1.57. The van der Waals surface area contributed by atoms with Crippen LogP contribution in [0.15, 0.2) is 48.5 Å². The second-order valence-corrected chi connectivity index (χ2v) is 8.25. The number of likely N-dealkylation sites (tertiary alicyclic amines) is 1. The molecule has 1 N–H and O–H groups in total. The predicted octanol–water partition coefficient (Wildman–Crippen LogP) is 4.05. The topological polar surface area (TPSA) is 49.4 Å². The van der Waals surface area contributed by atoms with Crippen LogP contribution >= 0.6 is 0 Å². The summed E-state index contributed by atoms with van der Waals surface area (Å²) in [5.74, 6) is -0.788. The van der Waals surface area contributed by atoms with Gasteiger partial charge in [-0.25, -0.2) is 8.78 Å². The molecule has 1 saturated heterocycles. The minimum Gasteiger partial charge on any atom is -0.344 e. The molecule has 1 atom stereocenters. The summed E-state index contributed by atoms with van der Waals surface area (Å²) in [4.78, 5) is 27.3. The second kappa shape index (κ2) is 9.83. The van der Waals surface area contributed by atoms with Crippen LogP contribution in [0.25, 0.3) is 0 Å². The maximum absolute atomic E-state index is 13.3. The summed E-state index contributed by atoms with van der Waals surface area (Å²) in [7, 11) is 0. The lowest BCUT2D eigenvalue weighted by molar-refractivity contribution is -0.138. The third-order valence-corrected chi connectivity index (χ3v) is 5.65. The van der Waals surface area contributed by atoms with Gasteiger partial charge in [-0.1, -0.05) is 38.1 Å². The molecule has 1 heterocycles. The molecule has 3 rings (SSSR count). The number of halogens is 2. The molecule has 0 radical (unpaired) electrons. The number of benzene rings is 2. The maximum atomic E-state index is 13.3. The Kier molecular flexibility index (Phi) is 7.19. The lowest BCUT2D eigenvalue weighted by Gasteiger charge is -2.35. The minimum absolute atomic E-state index is 0.0287. The Morgan fingerprint density at radius 1 is 1.03 bits per heavy atom. The monoisotopic (exact) mass is 414 g/mol. The summed E-state index contributed by atoms with van der Waals surface area (Å²) in [6.45, 7) is 5.00. The van der Waals surface area contributed by atoms with E-state index < -0.39 is 6.04 Å². The molecule has 0 aromatic heterocycles. The molecule has 4 nitrogen and oxygen atoms in total. The summed E-state index contributed by atoms with van der Waals surface area (Å²) < 4.78 is 26.5. The first-order valence-corrected chi connectivity index (χ1v) is 10.4. The van der Waals surface area contributed by atoms with Crippen molar-refractivity contribution in [2.45, 2.75) is 45.1 Å². The van der Waals surface area contributed by atoms with Gasteiger partial charge in [0.1, 0.15) is 17.7 Å². The van der Waals surface area contributed by atoms with E-state index in [9.17, 15) is 18.4 Å². The van der Waals surface area contributed by atoms with E-state index in [1.54, 1.807) is 29.2 Å². The number of nitrogens with one attached hydrogen (secondary N) is 1. The zero-order valence-electron chi connectivity index (χ0n) is 17.4. The molecule has 1 aliphatic rings. The zero-order valence-corrected chi connectivity index (χ0v) is 17.4. The lowest BCUT2D eigenvalue weighted by atomic mass is 9.89. The standard InChI is InChI=1S/C24H28F2N2O2/c1-16(2)23(27-22(29)15-17-4-3-5-21(26)14-17)24(30)28-12-10-19(11-13-28)18-6-8-20(25)9-7-18/h3-9,14,16,19,23H,10-13,15H2,1-2H3,(H,27,29)/t23-/m1/s1. The number of carbonyl (C=O) groups is 2. The summed E-state index contributed by atoms with van der Waals surface area (Å²) in [6.07, 6.45) is 1.64. The zero-order chi connectivity index (χ0) is 21.7. The molecule has 2 amide bonds. The third-order valence-electron chi connectivity index (χ3n) is 5.65. The van der Waals surface area contributed by atoms with Gasteiger partial charge >= 0.3 is 0 Å². The van der Waals surface area contributed by atoms with Crippen molar-refractivity contribution in [3.8, 4) is 0 Å². The van der Waals surface area contributed by atoms with E-state index in [0.29, 0.717) is 24.6 Å². The number of carbonyl (C=O) groups excluding carboxylic acids is 2. The summed E-state index contributed by atoms with van der Waals surface area (Å²) in [5, 5.41) is 2.84. The van der Waals surface area contributed by atoms with E-state index in [2.05, 4.69) is 5.32 Å². The molecule has 0 spiro atoms. The van der Waals surface area contributed by atoms with Crippen LogP contribution < -0.4 is 5.32 Å². The Hall–Kier alpha value is -2.76. The fourth-order valence-electron chi connectivity index (χ4n) is 3.94. The first-order chi connectivity index (χ1) is 14.3. The van der Waals surface area contributed by atoms with Gasteiger partial charge in [-0.15, -0.1) is 0 Å². The van der Waals surface area contributed by atoms with Gasteiger partial charge in [0.15, 0.2) is 0 Å². The molecular weight excluding hydrogens is 386 g/mol.